The molecule has 1 atom stereocenters. The minimum atomic E-state index is -0.667. The summed E-state index contributed by atoms with van der Waals surface area (Å²) in [5.74, 6) is 1.89. The Balaban J connectivity index is 1.24. The van der Waals surface area contributed by atoms with Crippen molar-refractivity contribution in [2.24, 2.45) is 5.92 Å². The Morgan fingerprint density at radius 1 is 1.10 bits per heavy atom. The molecule has 0 radical (unpaired) electrons. The summed E-state index contributed by atoms with van der Waals surface area (Å²) >= 11 is 12.0. The van der Waals surface area contributed by atoms with Crippen LogP contribution in [0.15, 0.2) is 36.4 Å². The lowest BCUT2D eigenvalue weighted by molar-refractivity contribution is 0.0524. The van der Waals surface area contributed by atoms with Crippen LogP contribution in [-0.2, 0) is 0 Å². The van der Waals surface area contributed by atoms with Gasteiger partial charge < -0.3 is 24.2 Å². The highest BCUT2D eigenvalue weighted by Crippen LogP contribution is 2.33. The smallest absolute Gasteiger partial charge is 0.166 e. The first kappa shape index (κ1) is 22.2. The van der Waals surface area contributed by atoms with E-state index < -0.39 is 6.10 Å². The number of fused-ring (bicyclic) bond motifs is 1. The fraction of sp³-hybridized carbons (Fsp3) is 0.435. The Labute approximate surface area is 191 Å². The molecule has 6 nitrogen and oxygen atoms in total. The van der Waals surface area contributed by atoms with Gasteiger partial charge in [0.25, 0.3) is 0 Å². The molecule has 4 rings (SSSR count). The lowest BCUT2D eigenvalue weighted by atomic mass is 9.88. The Kier molecular flexibility index (Phi) is 7.23. The number of β-amino-alcohol motifs (C(OH)–C–C–N with tert-alkyl or cyclic N) is 1. The number of Topliss-reactive ketones (excluding diaryl/α,β-unsaturated/α-hetero) is 1. The summed E-state index contributed by atoms with van der Waals surface area (Å²) < 4.78 is 16.7. The van der Waals surface area contributed by atoms with Gasteiger partial charge in [-0.2, -0.15) is 0 Å². The summed E-state index contributed by atoms with van der Waals surface area (Å²) in [6.07, 6.45) is 0.835. The zero-order valence-corrected chi connectivity index (χ0v) is 18.6. The lowest BCUT2D eigenvalue weighted by Crippen LogP contribution is -2.42. The van der Waals surface area contributed by atoms with Crippen molar-refractivity contribution >= 4 is 29.0 Å². The van der Waals surface area contributed by atoms with E-state index in [-0.39, 0.29) is 18.3 Å². The number of likely N-dealkylation sites (tertiary alicyclic amines) is 1. The number of hydrogen-bond donors (Lipinski definition) is 1. The van der Waals surface area contributed by atoms with E-state index in [4.69, 9.17) is 37.4 Å². The molecule has 1 N–H and O–H groups in total. The molecule has 0 saturated carbocycles. The molecule has 0 aliphatic carbocycles. The van der Waals surface area contributed by atoms with Gasteiger partial charge in [-0.05, 0) is 56.3 Å². The number of halogens is 2. The predicted molar refractivity (Wildman–Crippen MR) is 119 cm³/mol. The number of hydrogen-bond acceptors (Lipinski definition) is 6. The monoisotopic (exact) mass is 465 g/mol. The molecule has 2 aliphatic rings. The second kappa shape index (κ2) is 10.1. The molecule has 1 fully saturated rings. The van der Waals surface area contributed by atoms with Crippen LogP contribution in [0.1, 0.15) is 23.2 Å². The highest BCUT2D eigenvalue weighted by Gasteiger charge is 2.27. The van der Waals surface area contributed by atoms with Crippen LogP contribution in [0.4, 0.5) is 0 Å². The van der Waals surface area contributed by atoms with Crippen molar-refractivity contribution < 1.29 is 24.1 Å². The van der Waals surface area contributed by atoms with Gasteiger partial charge in [0.15, 0.2) is 17.3 Å². The average Bonchev–Trinajstić information content (AvgIpc) is 2.79. The van der Waals surface area contributed by atoms with Crippen LogP contribution >= 0.6 is 23.2 Å². The van der Waals surface area contributed by atoms with E-state index >= 15 is 0 Å². The highest BCUT2D eigenvalue weighted by atomic mass is 35.5. The van der Waals surface area contributed by atoms with E-state index in [1.54, 1.807) is 30.3 Å². The van der Waals surface area contributed by atoms with Gasteiger partial charge in [0.2, 0.25) is 0 Å². The van der Waals surface area contributed by atoms with E-state index in [1.165, 1.54) is 0 Å². The van der Waals surface area contributed by atoms with E-state index in [9.17, 15) is 9.90 Å². The third kappa shape index (κ3) is 5.63. The molecular weight excluding hydrogens is 441 g/mol. The fourth-order valence-corrected chi connectivity index (χ4v) is 4.27. The maximum Gasteiger partial charge on any atom is 0.166 e. The maximum absolute atomic E-state index is 12.9. The largest absolute Gasteiger partial charge is 0.489 e. The van der Waals surface area contributed by atoms with E-state index in [1.807, 2.05) is 6.07 Å². The van der Waals surface area contributed by atoms with Gasteiger partial charge in [-0.1, -0.05) is 23.2 Å². The van der Waals surface area contributed by atoms with Gasteiger partial charge in [-0.3, -0.25) is 4.79 Å². The van der Waals surface area contributed by atoms with Crippen LogP contribution in [0.25, 0.3) is 0 Å². The van der Waals surface area contributed by atoms with Gasteiger partial charge in [-0.25, -0.2) is 0 Å². The summed E-state index contributed by atoms with van der Waals surface area (Å²) in [7, 11) is 0. The number of aliphatic hydroxyl groups is 1. The van der Waals surface area contributed by atoms with Gasteiger partial charge in [0.1, 0.15) is 31.7 Å². The van der Waals surface area contributed by atoms with Crippen LogP contribution in [0.2, 0.25) is 10.0 Å². The van der Waals surface area contributed by atoms with E-state index in [0.29, 0.717) is 52.6 Å². The second-order valence-corrected chi connectivity index (χ2v) is 8.68. The molecule has 166 valence electrons. The molecule has 31 heavy (non-hydrogen) atoms. The summed E-state index contributed by atoms with van der Waals surface area (Å²) in [5.41, 5.74) is 0.662. The fourth-order valence-electron chi connectivity index (χ4n) is 3.93. The minimum Gasteiger partial charge on any atom is -0.489 e. The standard InChI is InChI=1S/C23H25Cl2NO5/c24-17-2-3-19(25)21(12-17)31-14-18(27)13-26-7-5-15(6-8-26)23(28)16-1-4-20-22(11-16)30-10-9-29-20/h1-4,11-12,15,18,27H,5-10,13-14H2/t18-/m1/s1. The van der Waals surface area contributed by atoms with Crippen molar-refractivity contribution in [3.05, 3.63) is 52.0 Å². The number of ketones is 1. The first-order valence-electron chi connectivity index (χ1n) is 10.4. The molecule has 2 heterocycles. The van der Waals surface area contributed by atoms with Crippen molar-refractivity contribution in [3.8, 4) is 17.2 Å². The topological polar surface area (TPSA) is 68.2 Å². The molecule has 0 aromatic heterocycles. The highest BCUT2D eigenvalue weighted by molar-refractivity contribution is 6.34. The van der Waals surface area contributed by atoms with Gasteiger partial charge in [0, 0.05) is 29.1 Å². The number of benzene rings is 2. The van der Waals surface area contributed by atoms with E-state index in [0.717, 1.165) is 25.9 Å². The van der Waals surface area contributed by atoms with Crippen molar-refractivity contribution in [1.82, 2.24) is 4.90 Å². The third-order valence-electron chi connectivity index (χ3n) is 5.58. The second-order valence-electron chi connectivity index (χ2n) is 7.84. The zero-order chi connectivity index (χ0) is 21.8. The van der Waals surface area contributed by atoms with Gasteiger partial charge >= 0.3 is 0 Å². The molecule has 1 saturated heterocycles. The van der Waals surface area contributed by atoms with Gasteiger partial charge in [0.05, 0.1) is 5.02 Å². The number of aliphatic hydroxyl groups excluding tert-OH is 1. The van der Waals surface area contributed by atoms with E-state index in [2.05, 4.69) is 4.90 Å². The molecule has 2 aliphatic heterocycles. The molecule has 0 bridgehead atoms. The molecule has 8 heteroatoms. The molecule has 0 unspecified atom stereocenters. The third-order valence-corrected chi connectivity index (χ3v) is 6.13. The number of carbonyl (C=O) groups excluding carboxylic acids is 1. The van der Waals surface area contributed by atoms with Crippen LogP contribution < -0.4 is 14.2 Å². The first-order chi connectivity index (χ1) is 15.0. The number of rotatable bonds is 7. The Bertz CT molecular complexity index is 930. The Morgan fingerprint density at radius 3 is 2.61 bits per heavy atom. The van der Waals surface area contributed by atoms with Crippen molar-refractivity contribution in [3.63, 3.8) is 0 Å². The quantitative estimate of drug-likeness (QED) is 0.620. The molecule has 2 aromatic rings. The first-order valence-corrected chi connectivity index (χ1v) is 11.2. The number of carbonyl (C=O) groups is 1. The van der Waals surface area contributed by atoms with Crippen LogP contribution in [0, 0.1) is 5.92 Å². The lowest BCUT2D eigenvalue weighted by Gasteiger charge is -2.32. The Morgan fingerprint density at radius 2 is 1.84 bits per heavy atom. The van der Waals surface area contributed by atoms with Crippen molar-refractivity contribution in [2.75, 3.05) is 39.5 Å². The van der Waals surface area contributed by atoms with Crippen LogP contribution in [-0.4, -0.2) is 61.3 Å². The van der Waals surface area contributed by atoms with Crippen LogP contribution in [0.3, 0.4) is 0 Å². The SMILES string of the molecule is O=C(c1ccc2c(c1)OCCO2)C1CCN(C[C@@H](O)COc2cc(Cl)ccc2Cl)CC1. The maximum atomic E-state index is 12.9. The normalized spacial score (nSPS) is 17.9. The van der Waals surface area contributed by atoms with Crippen molar-refractivity contribution in [2.45, 2.75) is 18.9 Å². The molecular formula is C23H25Cl2NO5. The number of piperidine rings is 1. The Hall–Kier alpha value is -1.99. The average molecular weight is 466 g/mol. The molecule has 0 spiro atoms. The number of nitrogens with zero attached hydrogens (tertiary/aromatic N) is 1. The van der Waals surface area contributed by atoms with Crippen LogP contribution in [0.5, 0.6) is 17.2 Å². The van der Waals surface area contributed by atoms with Crippen molar-refractivity contribution in [1.29, 1.82) is 0 Å². The van der Waals surface area contributed by atoms with Gasteiger partial charge in [-0.15, -0.1) is 0 Å². The minimum absolute atomic E-state index is 0.0301. The molecule has 2 aromatic carbocycles. The predicted octanol–water partition coefficient (Wildman–Crippen LogP) is 4.10. The summed E-state index contributed by atoms with van der Waals surface area (Å²) in [4.78, 5) is 15.1. The zero-order valence-electron chi connectivity index (χ0n) is 17.1. The summed E-state index contributed by atoms with van der Waals surface area (Å²) in [6, 6.07) is 10.4. The number of ether oxygens (including phenoxy) is 3. The summed E-state index contributed by atoms with van der Waals surface area (Å²) in [6.45, 7) is 3.12. The molecule has 0 amide bonds. The summed E-state index contributed by atoms with van der Waals surface area (Å²) in [5, 5.41) is 11.3.